The molecule has 6 rings (SSSR count). The van der Waals surface area contributed by atoms with E-state index < -0.39 is 0 Å². The third-order valence-electron chi connectivity index (χ3n) is 8.03. The van der Waals surface area contributed by atoms with E-state index in [2.05, 4.69) is 47.6 Å². The molecule has 11 heteroatoms. The summed E-state index contributed by atoms with van der Waals surface area (Å²) in [4.78, 5) is 37.6. The lowest BCUT2D eigenvalue weighted by Gasteiger charge is -2.17. The first-order chi connectivity index (χ1) is 20.9. The molecule has 4 aromatic rings. The number of aromatic nitrogens is 4. The highest BCUT2D eigenvalue weighted by Crippen LogP contribution is 2.39. The predicted octanol–water partition coefficient (Wildman–Crippen LogP) is 4.87. The van der Waals surface area contributed by atoms with Gasteiger partial charge in [-0.1, -0.05) is 24.3 Å². The van der Waals surface area contributed by atoms with Gasteiger partial charge in [0.05, 0.1) is 23.5 Å². The minimum atomic E-state index is -0.332. The first-order valence-corrected chi connectivity index (χ1v) is 14.5. The number of nitrogen functional groups attached to an aromatic ring is 1. The molecule has 3 atom stereocenters. The quantitative estimate of drug-likeness (QED) is 0.255. The Bertz CT molecular complexity index is 1750. The van der Waals surface area contributed by atoms with Gasteiger partial charge in [-0.15, -0.1) is 0 Å². The van der Waals surface area contributed by atoms with Gasteiger partial charge in [0.25, 0.3) is 5.91 Å². The highest BCUT2D eigenvalue weighted by molar-refractivity contribution is 6.06. The van der Waals surface area contributed by atoms with Crippen LogP contribution in [0.3, 0.4) is 0 Å². The Morgan fingerprint density at radius 1 is 1.19 bits per heavy atom. The predicted molar refractivity (Wildman–Crippen MR) is 166 cm³/mol. The van der Waals surface area contributed by atoms with Crippen molar-refractivity contribution in [3.05, 3.63) is 77.4 Å². The molecule has 1 aliphatic heterocycles. The van der Waals surface area contributed by atoms with Crippen LogP contribution in [-0.4, -0.2) is 50.2 Å². The van der Waals surface area contributed by atoms with Gasteiger partial charge in [-0.25, -0.2) is 14.8 Å². The molecular weight excluding hydrogens is 542 g/mol. The van der Waals surface area contributed by atoms with Gasteiger partial charge in [0.2, 0.25) is 5.91 Å². The fourth-order valence-corrected chi connectivity index (χ4v) is 5.90. The molecule has 0 saturated heterocycles. The van der Waals surface area contributed by atoms with Gasteiger partial charge in [0.15, 0.2) is 5.69 Å². The number of carbonyl (C=O) groups excluding carboxylic acids is 2. The third kappa shape index (κ3) is 5.96. The molecule has 2 bridgehead atoms. The van der Waals surface area contributed by atoms with Crippen LogP contribution in [0.25, 0.3) is 33.1 Å². The van der Waals surface area contributed by atoms with Crippen molar-refractivity contribution < 1.29 is 9.59 Å². The molecule has 218 valence electrons. The monoisotopic (exact) mass is 575 g/mol. The first kappa shape index (κ1) is 28.1. The molecule has 4 heterocycles. The van der Waals surface area contributed by atoms with E-state index in [9.17, 15) is 9.59 Å². The standard InChI is InChI=1S/C32H33N9O2/c1-19-15-27(42)38-24-10-11-25(16-24)41-30-22(5-3-4-13-35-19)18-37-31(33)28(30)29(40-41)20-6-8-21(9-7-20)32(43)39-26-17-23(34-2)12-14-36-26/h3,5-9,12,14,17-19,24-25,35H,4,10-11,13,15-16H2,1H3,(H2,33,37)(H,38,42)(H,36,39,43)/b5-3+/t19-,24-,25-/m1/s1. The zero-order valence-electron chi connectivity index (χ0n) is 23.9. The number of pyridine rings is 2. The molecule has 0 unspecified atom stereocenters. The normalized spacial score (nSPS) is 21.3. The number of amides is 2. The van der Waals surface area contributed by atoms with E-state index in [4.69, 9.17) is 17.4 Å². The van der Waals surface area contributed by atoms with Crippen molar-refractivity contribution >= 4 is 46.1 Å². The Morgan fingerprint density at radius 3 is 2.84 bits per heavy atom. The van der Waals surface area contributed by atoms with Crippen LogP contribution in [0.1, 0.15) is 61.0 Å². The zero-order valence-corrected chi connectivity index (χ0v) is 23.9. The summed E-state index contributed by atoms with van der Waals surface area (Å²) in [5.41, 5.74) is 10.7. The summed E-state index contributed by atoms with van der Waals surface area (Å²) in [6.07, 6.45) is 11.2. The van der Waals surface area contributed by atoms with Crippen LogP contribution in [-0.2, 0) is 4.79 Å². The average Bonchev–Trinajstić information content (AvgIpc) is 3.63. The summed E-state index contributed by atoms with van der Waals surface area (Å²) in [5.74, 6) is 0.433. The van der Waals surface area contributed by atoms with Crippen molar-refractivity contribution in [2.24, 2.45) is 0 Å². The summed E-state index contributed by atoms with van der Waals surface area (Å²) in [6.45, 7) is 9.97. The van der Waals surface area contributed by atoms with E-state index in [0.29, 0.717) is 35.0 Å². The van der Waals surface area contributed by atoms with Crippen LogP contribution in [0.15, 0.2) is 54.9 Å². The summed E-state index contributed by atoms with van der Waals surface area (Å²) >= 11 is 0. The van der Waals surface area contributed by atoms with E-state index in [-0.39, 0.29) is 29.9 Å². The molecular formula is C32H33N9O2. The number of fused-ring (bicyclic) bond motifs is 3. The fourth-order valence-electron chi connectivity index (χ4n) is 5.90. The molecule has 3 aromatic heterocycles. The minimum Gasteiger partial charge on any atom is -0.383 e. The number of rotatable bonds is 3. The molecule has 2 aliphatic rings. The summed E-state index contributed by atoms with van der Waals surface area (Å²) in [5, 5.41) is 15.3. The van der Waals surface area contributed by atoms with Gasteiger partial charge in [0.1, 0.15) is 17.3 Å². The molecule has 0 spiro atoms. The topological polar surface area (TPSA) is 144 Å². The van der Waals surface area contributed by atoms with Gasteiger partial charge in [-0.3, -0.25) is 14.3 Å². The minimum absolute atomic E-state index is 0.0650. The third-order valence-corrected chi connectivity index (χ3v) is 8.03. The first-order valence-electron chi connectivity index (χ1n) is 14.5. The SMILES string of the molecule is [C-]#[N+]c1ccnc(NC(=O)c2ccc(-c3nn4c5c(cnc(N)c35)/C=C/CCN[C@H](C)CC(=O)N[C@@H]3CC[C@@H]4C3)cc2)c1. The fraction of sp³-hybridized carbons (Fsp3) is 0.312. The number of hydrogen-bond acceptors (Lipinski definition) is 7. The van der Waals surface area contributed by atoms with E-state index in [0.717, 1.165) is 54.3 Å². The number of hydrogen-bond donors (Lipinski definition) is 4. The lowest BCUT2D eigenvalue weighted by atomic mass is 10.0. The number of anilines is 2. The lowest BCUT2D eigenvalue weighted by Crippen LogP contribution is -2.38. The number of carbonyl (C=O) groups is 2. The maximum Gasteiger partial charge on any atom is 0.256 e. The second kappa shape index (κ2) is 12.0. The Labute approximate surface area is 249 Å². The summed E-state index contributed by atoms with van der Waals surface area (Å²) in [7, 11) is 0. The van der Waals surface area contributed by atoms with Crippen molar-refractivity contribution in [1.29, 1.82) is 0 Å². The smallest absolute Gasteiger partial charge is 0.256 e. The van der Waals surface area contributed by atoms with E-state index in [1.165, 1.54) is 12.3 Å². The summed E-state index contributed by atoms with van der Waals surface area (Å²) in [6, 6.07) is 10.5. The molecule has 0 radical (unpaired) electrons. The molecule has 2 amide bonds. The van der Waals surface area contributed by atoms with Crippen molar-refractivity contribution in [3.63, 3.8) is 0 Å². The van der Waals surface area contributed by atoms with Gasteiger partial charge in [-0.2, -0.15) is 5.10 Å². The van der Waals surface area contributed by atoms with Crippen LogP contribution < -0.4 is 21.7 Å². The van der Waals surface area contributed by atoms with Crippen LogP contribution in [0.2, 0.25) is 0 Å². The Kier molecular flexibility index (Phi) is 7.85. The van der Waals surface area contributed by atoms with Crippen molar-refractivity contribution in [1.82, 2.24) is 30.4 Å². The molecule has 11 nitrogen and oxygen atoms in total. The van der Waals surface area contributed by atoms with Crippen LogP contribution in [0, 0.1) is 6.57 Å². The van der Waals surface area contributed by atoms with E-state index >= 15 is 0 Å². The maximum atomic E-state index is 12.9. The Hall–Kier alpha value is -5.08. The van der Waals surface area contributed by atoms with Gasteiger partial charge in [-0.05, 0) is 63.4 Å². The second-order valence-electron chi connectivity index (χ2n) is 11.1. The number of nitrogens with one attached hydrogen (secondary N) is 3. The maximum absolute atomic E-state index is 12.9. The van der Waals surface area contributed by atoms with Gasteiger partial charge < -0.3 is 21.7 Å². The molecule has 1 fully saturated rings. The number of nitrogens with two attached hydrogens (primary N) is 1. The zero-order chi connectivity index (χ0) is 29.9. The molecule has 5 N–H and O–H groups in total. The molecule has 1 aromatic carbocycles. The van der Waals surface area contributed by atoms with Gasteiger partial charge >= 0.3 is 0 Å². The van der Waals surface area contributed by atoms with Gasteiger partial charge in [0, 0.05) is 47.6 Å². The van der Waals surface area contributed by atoms with Crippen molar-refractivity contribution in [2.45, 2.75) is 57.2 Å². The highest BCUT2D eigenvalue weighted by Gasteiger charge is 2.31. The average molecular weight is 576 g/mol. The van der Waals surface area contributed by atoms with E-state index in [1.807, 2.05) is 19.1 Å². The molecule has 1 aliphatic carbocycles. The van der Waals surface area contributed by atoms with Crippen molar-refractivity contribution in [3.8, 4) is 11.3 Å². The number of benzene rings is 1. The lowest BCUT2D eigenvalue weighted by molar-refractivity contribution is -0.122. The van der Waals surface area contributed by atoms with Crippen LogP contribution in [0.5, 0.6) is 0 Å². The van der Waals surface area contributed by atoms with Crippen molar-refractivity contribution in [2.75, 3.05) is 17.6 Å². The van der Waals surface area contributed by atoms with E-state index in [1.54, 1.807) is 24.4 Å². The Balaban J connectivity index is 1.36. The summed E-state index contributed by atoms with van der Waals surface area (Å²) < 4.78 is 2.06. The van der Waals surface area contributed by atoms with Crippen LogP contribution >= 0.6 is 0 Å². The molecule has 1 saturated carbocycles. The largest absolute Gasteiger partial charge is 0.383 e. The Morgan fingerprint density at radius 2 is 2.02 bits per heavy atom. The number of nitrogens with zero attached hydrogens (tertiary/aromatic N) is 5. The molecule has 43 heavy (non-hydrogen) atoms. The highest BCUT2D eigenvalue weighted by atomic mass is 16.2. The second-order valence-corrected chi connectivity index (χ2v) is 11.1. The van der Waals surface area contributed by atoms with Crippen LogP contribution in [0.4, 0.5) is 17.3 Å².